The van der Waals surface area contributed by atoms with Crippen molar-refractivity contribution in [1.29, 1.82) is 0 Å². The summed E-state index contributed by atoms with van der Waals surface area (Å²) in [7, 11) is 0. The number of benzene rings is 1. The van der Waals surface area contributed by atoms with E-state index in [1.54, 1.807) is 20.8 Å². The SMILES string of the molecule is CC(C)(C)N(C(=O)O)c1ccc(F)c([N+](=O)[O-])c1. The molecule has 98 valence electrons. The first-order valence-corrected chi connectivity index (χ1v) is 5.11. The van der Waals surface area contributed by atoms with Gasteiger partial charge in [0.2, 0.25) is 5.82 Å². The number of hydrogen-bond donors (Lipinski definition) is 1. The van der Waals surface area contributed by atoms with Gasteiger partial charge in [-0.25, -0.2) is 4.79 Å². The maximum absolute atomic E-state index is 13.2. The molecule has 0 aliphatic carbocycles. The van der Waals surface area contributed by atoms with Gasteiger partial charge in [-0.15, -0.1) is 0 Å². The molecular weight excluding hydrogens is 243 g/mol. The van der Waals surface area contributed by atoms with Crippen LogP contribution in [0.2, 0.25) is 0 Å². The van der Waals surface area contributed by atoms with Crippen LogP contribution >= 0.6 is 0 Å². The van der Waals surface area contributed by atoms with Crippen LogP contribution in [-0.4, -0.2) is 21.7 Å². The van der Waals surface area contributed by atoms with Gasteiger partial charge in [-0.3, -0.25) is 15.0 Å². The van der Waals surface area contributed by atoms with Gasteiger partial charge in [-0.1, -0.05) is 0 Å². The minimum Gasteiger partial charge on any atom is -0.465 e. The third-order valence-corrected chi connectivity index (χ3v) is 2.25. The van der Waals surface area contributed by atoms with E-state index >= 15 is 0 Å². The molecule has 0 radical (unpaired) electrons. The average molecular weight is 256 g/mol. The number of carboxylic acid groups (broad SMARTS) is 1. The van der Waals surface area contributed by atoms with Crippen molar-refractivity contribution < 1.29 is 19.2 Å². The Hall–Kier alpha value is -2.18. The molecule has 7 heteroatoms. The monoisotopic (exact) mass is 256 g/mol. The molecule has 0 aliphatic rings. The van der Waals surface area contributed by atoms with Crippen LogP contribution in [0.4, 0.5) is 20.6 Å². The molecule has 0 saturated heterocycles. The lowest BCUT2D eigenvalue weighted by Crippen LogP contribution is -2.45. The number of amides is 1. The van der Waals surface area contributed by atoms with Crippen LogP contribution in [0.3, 0.4) is 0 Å². The van der Waals surface area contributed by atoms with Crippen LogP contribution < -0.4 is 4.90 Å². The highest BCUT2D eigenvalue weighted by Gasteiger charge is 2.29. The summed E-state index contributed by atoms with van der Waals surface area (Å²) in [6, 6.07) is 2.99. The van der Waals surface area contributed by atoms with Crippen LogP contribution in [0.1, 0.15) is 20.8 Å². The molecular formula is C11H13FN2O4. The Bertz CT molecular complexity index is 496. The van der Waals surface area contributed by atoms with Crippen molar-refractivity contribution >= 4 is 17.5 Å². The summed E-state index contributed by atoms with van der Waals surface area (Å²) in [6.07, 6.45) is -1.26. The number of anilines is 1. The standard InChI is InChI=1S/C11H13FN2O4/c1-11(2,3)13(10(15)16)7-4-5-8(12)9(6-7)14(17)18/h4-6H,1-3H3,(H,15,16). The van der Waals surface area contributed by atoms with Gasteiger partial charge in [-0.05, 0) is 32.9 Å². The summed E-state index contributed by atoms with van der Waals surface area (Å²) in [5, 5.41) is 19.7. The van der Waals surface area contributed by atoms with Gasteiger partial charge >= 0.3 is 11.8 Å². The second-order valence-corrected chi connectivity index (χ2v) is 4.68. The molecule has 6 nitrogen and oxygen atoms in total. The van der Waals surface area contributed by atoms with E-state index in [-0.39, 0.29) is 5.69 Å². The summed E-state index contributed by atoms with van der Waals surface area (Å²) in [6.45, 7) is 4.91. The van der Waals surface area contributed by atoms with Crippen LogP contribution in [0.25, 0.3) is 0 Å². The molecule has 18 heavy (non-hydrogen) atoms. The molecule has 0 fully saturated rings. The molecule has 1 aromatic rings. The Labute approximate surface area is 103 Å². The van der Waals surface area contributed by atoms with E-state index in [0.29, 0.717) is 0 Å². The lowest BCUT2D eigenvalue weighted by atomic mass is 10.1. The zero-order valence-electron chi connectivity index (χ0n) is 10.2. The lowest BCUT2D eigenvalue weighted by molar-refractivity contribution is -0.387. The summed E-state index contributed by atoms with van der Waals surface area (Å²) in [4.78, 5) is 21.8. The first-order chi connectivity index (χ1) is 8.14. The van der Waals surface area contributed by atoms with Gasteiger partial charge < -0.3 is 5.11 Å². The van der Waals surface area contributed by atoms with E-state index < -0.39 is 28.1 Å². The summed E-state index contributed by atoms with van der Waals surface area (Å²) >= 11 is 0. The van der Waals surface area contributed by atoms with Crippen molar-refractivity contribution in [2.75, 3.05) is 4.90 Å². The van der Waals surface area contributed by atoms with Gasteiger partial charge in [0.25, 0.3) is 0 Å². The van der Waals surface area contributed by atoms with Crippen molar-refractivity contribution in [1.82, 2.24) is 0 Å². The van der Waals surface area contributed by atoms with Crippen molar-refractivity contribution in [2.45, 2.75) is 26.3 Å². The highest BCUT2D eigenvalue weighted by Crippen LogP contribution is 2.29. The molecule has 1 rings (SSSR count). The van der Waals surface area contributed by atoms with Crippen LogP contribution in [0, 0.1) is 15.9 Å². The maximum Gasteiger partial charge on any atom is 0.412 e. The minimum atomic E-state index is -1.26. The fourth-order valence-corrected chi connectivity index (χ4v) is 1.56. The van der Waals surface area contributed by atoms with Crippen LogP contribution in [-0.2, 0) is 0 Å². The zero-order chi connectivity index (χ0) is 14.1. The lowest BCUT2D eigenvalue weighted by Gasteiger charge is -2.32. The molecule has 1 aromatic carbocycles. The smallest absolute Gasteiger partial charge is 0.412 e. The highest BCUT2D eigenvalue weighted by atomic mass is 19.1. The van der Waals surface area contributed by atoms with E-state index in [9.17, 15) is 19.3 Å². The maximum atomic E-state index is 13.2. The molecule has 1 N–H and O–H groups in total. The fraction of sp³-hybridized carbons (Fsp3) is 0.364. The summed E-state index contributed by atoms with van der Waals surface area (Å²) in [5.41, 5.74) is -1.48. The molecule has 0 atom stereocenters. The zero-order valence-corrected chi connectivity index (χ0v) is 10.2. The number of nitrogens with zero attached hydrogens (tertiary/aromatic N) is 2. The Kier molecular flexibility index (Phi) is 3.54. The number of hydrogen-bond acceptors (Lipinski definition) is 3. The Morgan fingerprint density at radius 2 is 2.00 bits per heavy atom. The number of nitro benzene ring substituents is 1. The quantitative estimate of drug-likeness (QED) is 0.651. The molecule has 0 bridgehead atoms. The van der Waals surface area contributed by atoms with E-state index in [0.717, 1.165) is 17.0 Å². The normalized spacial score (nSPS) is 11.1. The van der Waals surface area contributed by atoms with Crippen LogP contribution in [0.15, 0.2) is 18.2 Å². The predicted molar refractivity (Wildman–Crippen MR) is 63.3 cm³/mol. The minimum absolute atomic E-state index is 0.0584. The Balaban J connectivity index is 3.35. The van der Waals surface area contributed by atoms with Crippen molar-refractivity contribution in [3.63, 3.8) is 0 Å². The molecule has 0 unspecified atom stereocenters. The third-order valence-electron chi connectivity index (χ3n) is 2.25. The molecule has 0 aromatic heterocycles. The first kappa shape index (κ1) is 13.9. The topological polar surface area (TPSA) is 83.7 Å². The van der Waals surface area contributed by atoms with E-state index in [4.69, 9.17) is 5.11 Å². The average Bonchev–Trinajstić information content (AvgIpc) is 2.17. The molecule has 0 aliphatic heterocycles. The number of rotatable bonds is 2. The van der Waals surface area contributed by atoms with Gasteiger partial charge in [0.1, 0.15) is 0 Å². The van der Waals surface area contributed by atoms with Gasteiger partial charge in [0, 0.05) is 11.6 Å². The van der Waals surface area contributed by atoms with Gasteiger partial charge in [0.15, 0.2) is 0 Å². The summed E-state index contributed by atoms with van der Waals surface area (Å²) in [5.74, 6) is -0.997. The van der Waals surface area contributed by atoms with Crippen molar-refractivity contribution in [3.05, 3.63) is 34.1 Å². The molecule has 0 spiro atoms. The van der Waals surface area contributed by atoms with Gasteiger partial charge in [0.05, 0.1) is 10.6 Å². The second kappa shape index (κ2) is 4.59. The first-order valence-electron chi connectivity index (χ1n) is 5.11. The number of carbonyl (C=O) groups is 1. The highest BCUT2D eigenvalue weighted by molar-refractivity contribution is 5.88. The summed E-state index contributed by atoms with van der Waals surface area (Å²) < 4.78 is 13.2. The second-order valence-electron chi connectivity index (χ2n) is 4.68. The molecule has 0 heterocycles. The number of nitro groups is 1. The Morgan fingerprint density at radius 3 is 2.39 bits per heavy atom. The fourth-order valence-electron chi connectivity index (χ4n) is 1.56. The van der Waals surface area contributed by atoms with Crippen molar-refractivity contribution in [2.24, 2.45) is 0 Å². The van der Waals surface area contributed by atoms with E-state index in [1.807, 2.05) is 0 Å². The number of halogens is 1. The largest absolute Gasteiger partial charge is 0.465 e. The molecule has 0 saturated carbocycles. The van der Waals surface area contributed by atoms with Gasteiger partial charge in [-0.2, -0.15) is 4.39 Å². The molecule has 1 amide bonds. The van der Waals surface area contributed by atoms with Crippen LogP contribution in [0.5, 0.6) is 0 Å². The van der Waals surface area contributed by atoms with E-state index in [2.05, 4.69) is 0 Å². The predicted octanol–water partition coefficient (Wildman–Crippen LogP) is 3.02. The Morgan fingerprint density at radius 1 is 1.44 bits per heavy atom. The van der Waals surface area contributed by atoms with Crippen molar-refractivity contribution in [3.8, 4) is 0 Å². The third kappa shape index (κ3) is 2.73. The van der Waals surface area contributed by atoms with E-state index in [1.165, 1.54) is 6.07 Å².